The van der Waals surface area contributed by atoms with E-state index in [0.29, 0.717) is 12.8 Å². The van der Waals surface area contributed by atoms with E-state index in [1.54, 1.807) is 0 Å². The van der Waals surface area contributed by atoms with Crippen molar-refractivity contribution < 1.29 is 18.1 Å². The second kappa shape index (κ2) is 3.47. The molecule has 0 spiro atoms. The summed E-state index contributed by atoms with van der Waals surface area (Å²) in [5, 5.41) is 8.99. The molecule has 0 aliphatic heterocycles. The normalized spacial score (nSPS) is 38.7. The number of halogens is 3. The molecule has 0 amide bonds. The number of alkyl halides is 1. The van der Waals surface area contributed by atoms with E-state index in [1.165, 1.54) is 0 Å². The molecule has 64 valence electrons. The van der Waals surface area contributed by atoms with Crippen LogP contribution in [0.2, 0.25) is 5.82 Å². The fourth-order valence-electron chi connectivity index (χ4n) is 1.47. The van der Waals surface area contributed by atoms with Gasteiger partial charge in [0.15, 0.2) is 0 Å². The monoisotopic (exact) mass is 166 g/mol. The zero-order valence-electron chi connectivity index (χ0n) is 6.01. The van der Waals surface area contributed by atoms with Gasteiger partial charge in [0, 0.05) is 0 Å². The van der Waals surface area contributed by atoms with Gasteiger partial charge in [-0.1, -0.05) is 0 Å². The van der Waals surface area contributed by atoms with Gasteiger partial charge in [-0.05, 0) is 19.3 Å². The van der Waals surface area contributed by atoms with Gasteiger partial charge < -0.3 is 5.11 Å². The topological polar surface area (TPSA) is 20.2 Å². The van der Waals surface area contributed by atoms with Crippen LogP contribution >= 0.6 is 0 Å². The Morgan fingerprint density at radius 2 is 1.91 bits per heavy atom. The molecular weight excluding hydrogens is 156 g/mol. The van der Waals surface area contributed by atoms with Crippen molar-refractivity contribution in [2.24, 2.45) is 0 Å². The van der Waals surface area contributed by atoms with Crippen LogP contribution in [0.25, 0.3) is 0 Å². The van der Waals surface area contributed by atoms with E-state index in [-0.39, 0.29) is 6.42 Å². The number of rotatable bonds is 1. The van der Waals surface area contributed by atoms with Crippen molar-refractivity contribution in [1.29, 1.82) is 0 Å². The van der Waals surface area contributed by atoms with Crippen molar-refractivity contribution in [3.8, 4) is 0 Å². The van der Waals surface area contributed by atoms with Crippen molar-refractivity contribution >= 4 is 7.27 Å². The molecule has 0 aromatic heterocycles. The van der Waals surface area contributed by atoms with Gasteiger partial charge in [-0.25, -0.2) is 4.39 Å². The molecule has 1 aliphatic rings. The molecular formula is C6H10BF3O. The lowest BCUT2D eigenvalue weighted by atomic mass is 9.66. The van der Waals surface area contributed by atoms with Gasteiger partial charge in [0.05, 0.1) is 11.9 Å². The van der Waals surface area contributed by atoms with Crippen molar-refractivity contribution in [3.05, 3.63) is 0 Å². The second-order valence-corrected chi connectivity index (χ2v) is 2.93. The molecule has 1 N–H and O–H groups in total. The van der Waals surface area contributed by atoms with E-state index in [9.17, 15) is 13.0 Å². The van der Waals surface area contributed by atoms with Crippen LogP contribution in [-0.4, -0.2) is 24.6 Å². The van der Waals surface area contributed by atoms with Crippen molar-refractivity contribution in [3.63, 3.8) is 0 Å². The summed E-state index contributed by atoms with van der Waals surface area (Å²) in [6.07, 6.45) is -1.72. The summed E-state index contributed by atoms with van der Waals surface area (Å²) < 4.78 is 36.8. The Hall–Kier alpha value is -0.185. The fraction of sp³-hybridized carbons (Fsp3) is 1.00. The van der Waals surface area contributed by atoms with Crippen LogP contribution < -0.4 is 0 Å². The molecule has 3 unspecified atom stereocenters. The predicted octanol–water partition coefficient (Wildman–Crippen LogP) is 1.67. The summed E-state index contributed by atoms with van der Waals surface area (Å²) in [5.41, 5.74) is 0. The SMILES string of the molecule is OC1CCCC(F)C1B(F)F. The quantitative estimate of drug-likeness (QED) is 0.587. The molecule has 0 aromatic rings. The summed E-state index contributed by atoms with van der Waals surface area (Å²) >= 11 is 0. The first-order chi connectivity index (χ1) is 5.13. The minimum atomic E-state index is -2.74. The number of aliphatic hydroxyl groups is 1. The van der Waals surface area contributed by atoms with E-state index >= 15 is 0 Å². The second-order valence-electron chi connectivity index (χ2n) is 2.93. The molecule has 1 saturated carbocycles. The number of hydrogen-bond donors (Lipinski definition) is 1. The van der Waals surface area contributed by atoms with Gasteiger partial charge in [0.1, 0.15) is 6.17 Å². The van der Waals surface area contributed by atoms with Gasteiger partial charge in [-0.15, -0.1) is 0 Å². The highest BCUT2D eigenvalue weighted by Crippen LogP contribution is 2.34. The maximum absolute atomic E-state index is 12.7. The van der Waals surface area contributed by atoms with E-state index < -0.39 is 25.4 Å². The molecule has 1 fully saturated rings. The van der Waals surface area contributed by atoms with Gasteiger partial charge in [-0.3, -0.25) is 8.63 Å². The predicted molar refractivity (Wildman–Crippen MR) is 36.5 cm³/mol. The Morgan fingerprint density at radius 3 is 2.27 bits per heavy atom. The van der Waals surface area contributed by atoms with Gasteiger partial charge in [-0.2, -0.15) is 0 Å². The maximum atomic E-state index is 12.7. The van der Waals surface area contributed by atoms with Crippen LogP contribution in [0.1, 0.15) is 19.3 Å². The molecule has 0 aromatic carbocycles. The molecule has 0 bridgehead atoms. The van der Waals surface area contributed by atoms with Gasteiger partial charge in [0.2, 0.25) is 0 Å². The summed E-state index contributed by atoms with van der Waals surface area (Å²) in [6.45, 7) is 0. The van der Waals surface area contributed by atoms with Crippen molar-refractivity contribution in [2.45, 2.75) is 37.4 Å². The Bertz CT molecular complexity index is 123. The lowest BCUT2D eigenvalue weighted by Gasteiger charge is -2.28. The molecule has 1 rings (SSSR count). The molecule has 0 saturated heterocycles. The Morgan fingerprint density at radius 1 is 1.27 bits per heavy atom. The first-order valence-electron chi connectivity index (χ1n) is 3.73. The first kappa shape index (κ1) is 8.91. The van der Waals surface area contributed by atoms with Crippen LogP contribution in [0.3, 0.4) is 0 Å². The molecule has 3 atom stereocenters. The average molecular weight is 166 g/mol. The highest BCUT2D eigenvalue weighted by molar-refractivity contribution is 6.45. The maximum Gasteiger partial charge on any atom is 0.546 e. The minimum absolute atomic E-state index is 0.159. The minimum Gasteiger partial charge on any atom is -0.393 e. The third-order valence-electron chi connectivity index (χ3n) is 2.13. The first-order valence-corrected chi connectivity index (χ1v) is 3.73. The van der Waals surface area contributed by atoms with Crippen LogP contribution in [-0.2, 0) is 0 Å². The largest absolute Gasteiger partial charge is 0.546 e. The van der Waals surface area contributed by atoms with Crippen LogP contribution in [0.4, 0.5) is 13.0 Å². The zero-order valence-corrected chi connectivity index (χ0v) is 6.01. The fourth-order valence-corrected chi connectivity index (χ4v) is 1.47. The number of hydrogen-bond acceptors (Lipinski definition) is 1. The van der Waals surface area contributed by atoms with E-state index in [2.05, 4.69) is 0 Å². The molecule has 0 radical (unpaired) electrons. The third-order valence-corrected chi connectivity index (χ3v) is 2.13. The molecule has 1 aliphatic carbocycles. The smallest absolute Gasteiger partial charge is 0.393 e. The van der Waals surface area contributed by atoms with Crippen molar-refractivity contribution in [1.82, 2.24) is 0 Å². The van der Waals surface area contributed by atoms with Gasteiger partial charge in [0.25, 0.3) is 0 Å². The van der Waals surface area contributed by atoms with Crippen LogP contribution in [0, 0.1) is 0 Å². The van der Waals surface area contributed by atoms with E-state index in [0.717, 1.165) is 0 Å². The summed E-state index contributed by atoms with van der Waals surface area (Å²) in [6, 6.07) is 0. The van der Waals surface area contributed by atoms with E-state index in [1.807, 2.05) is 0 Å². The summed E-state index contributed by atoms with van der Waals surface area (Å²) in [4.78, 5) is 0. The lowest BCUT2D eigenvalue weighted by Crippen LogP contribution is -2.35. The van der Waals surface area contributed by atoms with E-state index in [4.69, 9.17) is 5.11 Å². The molecule has 0 heterocycles. The van der Waals surface area contributed by atoms with Gasteiger partial charge >= 0.3 is 7.27 Å². The Kier molecular flexibility index (Phi) is 2.81. The molecule has 1 nitrogen and oxygen atoms in total. The molecule has 5 heteroatoms. The summed E-state index contributed by atoms with van der Waals surface area (Å²) in [5.74, 6) is -1.45. The molecule has 11 heavy (non-hydrogen) atoms. The Labute approximate surface area is 63.8 Å². The lowest BCUT2D eigenvalue weighted by molar-refractivity contribution is 0.0763. The highest BCUT2D eigenvalue weighted by Gasteiger charge is 2.42. The Balaban J connectivity index is 2.55. The van der Waals surface area contributed by atoms with Crippen molar-refractivity contribution in [2.75, 3.05) is 0 Å². The number of aliphatic hydroxyl groups excluding tert-OH is 1. The summed E-state index contributed by atoms with van der Waals surface area (Å²) in [7, 11) is -2.74. The van der Waals surface area contributed by atoms with Crippen LogP contribution in [0.15, 0.2) is 0 Å². The van der Waals surface area contributed by atoms with Crippen LogP contribution in [0.5, 0.6) is 0 Å². The zero-order chi connectivity index (χ0) is 8.43. The average Bonchev–Trinajstić information content (AvgIpc) is 1.85. The third kappa shape index (κ3) is 1.89. The standard InChI is InChI=1S/C6H10BF3O/c8-4-2-1-3-5(11)6(4)7(9)10/h4-6,11H,1-3H2. The highest BCUT2D eigenvalue weighted by atomic mass is 19.2.